The maximum Gasteiger partial charge on any atom is 0.329 e. The van der Waals surface area contributed by atoms with Crippen LogP contribution in [0.3, 0.4) is 0 Å². The lowest BCUT2D eigenvalue weighted by molar-refractivity contribution is -0.149. The highest BCUT2D eigenvalue weighted by Crippen LogP contribution is 2.13. The maximum absolute atomic E-state index is 12.2. The highest BCUT2D eigenvalue weighted by Gasteiger charge is 2.29. The van der Waals surface area contributed by atoms with E-state index in [0.717, 1.165) is 19.3 Å². The lowest BCUT2D eigenvalue weighted by atomic mass is 10.1. The summed E-state index contributed by atoms with van der Waals surface area (Å²) in [4.78, 5) is 36.3. The number of hydrogen-bond donors (Lipinski definition) is 2. The second kappa shape index (κ2) is 8.83. The van der Waals surface area contributed by atoms with Crippen molar-refractivity contribution in [2.24, 2.45) is 0 Å². The van der Waals surface area contributed by atoms with Crippen LogP contribution in [0, 0.1) is 0 Å². The molecule has 130 valence electrons. The standard InChI is InChI=1S/C15H24N2O6/c18-13(8-17-6-3-1-2-4-14(17)19)16-11-5-7-22-9-12(11)23-10-15(20)21/h11-12H,1-10H2,(H,16,18)(H,20,21)/t11-,12-/m1/s1. The molecule has 2 aliphatic heterocycles. The topological polar surface area (TPSA) is 105 Å². The molecule has 2 N–H and O–H groups in total. The summed E-state index contributed by atoms with van der Waals surface area (Å²) in [6.07, 6.45) is 3.37. The van der Waals surface area contributed by atoms with Crippen molar-refractivity contribution in [2.75, 3.05) is 32.9 Å². The summed E-state index contributed by atoms with van der Waals surface area (Å²) < 4.78 is 10.5. The Hall–Kier alpha value is -1.67. The molecule has 0 aromatic carbocycles. The van der Waals surface area contributed by atoms with E-state index in [-0.39, 0.29) is 31.0 Å². The highest BCUT2D eigenvalue weighted by atomic mass is 16.5. The average Bonchev–Trinajstić information content (AvgIpc) is 2.71. The van der Waals surface area contributed by atoms with Crippen LogP contribution in [0.1, 0.15) is 32.1 Å². The number of ether oxygens (including phenoxy) is 2. The van der Waals surface area contributed by atoms with E-state index < -0.39 is 18.7 Å². The number of hydrogen-bond acceptors (Lipinski definition) is 5. The van der Waals surface area contributed by atoms with Crippen molar-refractivity contribution in [3.63, 3.8) is 0 Å². The molecule has 2 fully saturated rings. The summed E-state index contributed by atoms with van der Waals surface area (Å²) in [5.41, 5.74) is 0. The van der Waals surface area contributed by atoms with Crippen LogP contribution in [-0.2, 0) is 23.9 Å². The fraction of sp³-hybridized carbons (Fsp3) is 0.800. The van der Waals surface area contributed by atoms with Crippen molar-refractivity contribution >= 4 is 17.8 Å². The van der Waals surface area contributed by atoms with Crippen LogP contribution in [0.25, 0.3) is 0 Å². The Morgan fingerprint density at radius 1 is 1.35 bits per heavy atom. The van der Waals surface area contributed by atoms with Crippen molar-refractivity contribution in [3.05, 3.63) is 0 Å². The fourth-order valence-corrected chi connectivity index (χ4v) is 2.85. The Morgan fingerprint density at radius 3 is 2.96 bits per heavy atom. The first-order valence-electron chi connectivity index (χ1n) is 8.04. The highest BCUT2D eigenvalue weighted by molar-refractivity contribution is 5.85. The summed E-state index contributed by atoms with van der Waals surface area (Å²) in [5, 5.41) is 11.5. The predicted molar refractivity (Wildman–Crippen MR) is 79.8 cm³/mol. The molecule has 0 saturated carbocycles. The van der Waals surface area contributed by atoms with Crippen molar-refractivity contribution < 1.29 is 29.0 Å². The van der Waals surface area contributed by atoms with Crippen LogP contribution in [0.2, 0.25) is 0 Å². The Kier molecular flexibility index (Phi) is 6.79. The van der Waals surface area contributed by atoms with Gasteiger partial charge in [0, 0.05) is 19.6 Å². The third-order valence-corrected chi connectivity index (χ3v) is 4.08. The SMILES string of the molecule is O=C(O)CO[C@@H]1COCC[C@H]1NC(=O)CN1CCCCCC1=O. The van der Waals surface area contributed by atoms with Crippen LogP contribution in [0.4, 0.5) is 0 Å². The Bertz CT molecular complexity index is 442. The van der Waals surface area contributed by atoms with E-state index in [1.807, 2.05) is 0 Å². The molecule has 0 aliphatic carbocycles. The van der Waals surface area contributed by atoms with Crippen LogP contribution in [0.15, 0.2) is 0 Å². The van der Waals surface area contributed by atoms with Gasteiger partial charge in [-0.3, -0.25) is 9.59 Å². The van der Waals surface area contributed by atoms with E-state index in [4.69, 9.17) is 14.6 Å². The van der Waals surface area contributed by atoms with Gasteiger partial charge >= 0.3 is 5.97 Å². The molecule has 0 bridgehead atoms. The van der Waals surface area contributed by atoms with Gasteiger partial charge in [-0.15, -0.1) is 0 Å². The monoisotopic (exact) mass is 328 g/mol. The molecule has 0 aromatic heterocycles. The van der Waals surface area contributed by atoms with E-state index in [2.05, 4.69) is 5.32 Å². The van der Waals surface area contributed by atoms with Gasteiger partial charge in [0.05, 0.1) is 19.2 Å². The van der Waals surface area contributed by atoms with Gasteiger partial charge in [-0.2, -0.15) is 0 Å². The van der Waals surface area contributed by atoms with E-state index >= 15 is 0 Å². The predicted octanol–water partition coefficient (Wildman–Crippen LogP) is -0.236. The summed E-state index contributed by atoms with van der Waals surface area (Å²) in [6, 6.07) is -0.294. The number of aliphatic carboxylic acids is 1. The maximum atomic E-state index is 12.2. The van der Waals surface area contributed by atoms with Crippen molar-refractivity contribution in [3.8, 4) is 0 Å². The Balaban J connectivity index is 1.83. The molecule has 0 unspecified atom stereocenters. The molecule has 2 saturated heterocycles. The smallest absolute Gasteiger partial charge is 0.329 e. The molecule has 2 aliphatic rings. The van der Waals surface area contributed by atoms with E-state index in [1.54, 1.807) is 4.90 Å². The zero-order valence-corrected chi connectivity index (χ0v) is 13.2. The lowest BCUT2D eigenvalue weighted by Gasteiger charge is -2.32. The second-order valence-electron chi connectivity index (χ2n) is 5.91. The van der Waals surface area contributed by atoms with E-state index in [0.29, 0.717) is 26.0 Å². The van der Waals surface area contributed by atoms with Crippen LogP contribution in [-0.4, -0.2) is 72.8 Å². The number of carboxylic acid groups (broad SMARTS) is 1. The molecule has 0 radical (unpaired) electrons. The Morgan fingerprint density at radius 2 is 2.17 bits per heavy atom. The number of nitrogens with zero attached hydrogens (tertiary/aromatic N) is 1. The van der Waals surface area contributed by atoms with Gasteiger partial charge in [0.25, 0.3) is 0 Å². The number of amides is 2. The van der Waals surface area contributed by atoms with E-state index in [9.17, 15) is 14.4 Å². The number of likely N-dealkylation sites (tertiary alicyclic amines) is 1. The number of rotatable bonds is 6. The quantitative estimate of drug-likeness (QED) is 0.697. The normalized spacial score (nSPS) is 25.7. The van der Waals surface area contributed by atoms with Crippen molar-refractivity contribution in [1.82, 2.24) is 10.2 Å². The van der Waals surface area contributed by atoms with Gasteiger partial charge in [-0.25, -0.2) is 4.79 Å². The third-order valence-electron chi connectivity index (χ3n) is 4.08. The van der Waals surface area contributed by atoms with Crippen LogP contribution < -0.4 is 5.32 Å². The summed E-state index contributed by atoms with van der Waals surface area (Å²) in [7, 11) is 0. The first-order valence-corrected chi connectivity index (χ1v) is 8.04. The molecular weight excluding hydrogens is 304 g/mol. The minimum Gasteiger partial charge on any atom is -0.480 e. The third kappa shape index (κ3) is 5.80. The minimum atomic E-state index is -1.06. The molecule has 8 heteroatoms. The molecule has 2 heterocycles. The summed E-state index contributed by atoms with van der Waals surface area (Å²) in [6.45, 7) is 0.965. The summed E-state index contributed by atoms with van der Waals surface area (Å²) >= 11 is 0. The average molecular weight is 328 g/mol. The molecule has 2 rings (SSSR count). The van der Waals surface area contributed by atoms with Gasteiger partial charge in [0.2, 0.25) is 11.8 Å². The van der Waals surface area contributed by atoms with Gasteiger partial charge < -0.3 is 24.8 Å². The van der Waals surface area contributed by atoms with Gasteiger partial charge in [-0.1, -0.05) is 6.42 Å². The number of nitrogens with one attached hydrogen (secondary N) is 1. The zero-order chi connectivity index (χ0) is 16.7. The first kappa shape index (κ1) is 17.7. The fourth-order valence-electron chi connectivity index (χ4n) is 2.85. The van der Waals surface area contributed by atoms with Gasteiger partial charge in [0.15, 0.2) is 0 Å². The van der Waals surface area contributed by atoms with Gasteiger partial charge in [-0.05, 0) is 19.3 Å². The van der Waals surface area contributed by atoms with Crippen LogP contribution in [0.5, 0.6) is 0 Å². The molecule has 2 atom stereocenters. The number of carbonyl (C=O) groups excluding carboxylic acids is 2. The number of carbonyl (C=O) groups is 3. The molecule has 8 nitrogen and oxygen atoms in total. The minimum absolute atomic E-state index is 0.0169. The molecule has 0 spiro atoms. The summed E-state index contributed by atoms with van der Waals surface area (Å²) in [5.74, 6) is -1.28. The van der Waals surface area contributed by atoms with E-state index in [1.165, 1.54) is 0 Å². The Labute approximate surface area is 135 Å². The second-order valence-corrected chi connectivity index (χ2v) is 5.91. The first-order chi connectivity index (χ1) is 11.1. The van der Waals surface area contributed by atoms with Crippen LogP contribution >= 0.6 is 0 Å². The zero-order valence-electron chi connectivity index (χ0n) is 13.2. The lowest BCUT2D eigenvalue weighted by Crippen LogP contribution is -2.52. The molecular formula is C15H24N2O6. The molecule has 2 amide bonds. The molecule has 0 aromatic rings. The molecule has 23 heavy (non-hydrogen) atoms. The largest absolute Gasteiger partial charge is 0.480 e. The van der Waals surface area contributed by atoms with Crippen molar-refractivity contribution in [1.29, 1.82) is 0 Å². The number of carboxylic acids is 1. The van der Waals surface area contributed by atoms with Crippen molar-refractivity contribution in [2.45, 2.75) is 44.2 Å². The van der Waals surface area contributed by atoms with Gasteiger partial charge in [0.1, 0.15) is 12.7 Å².